The molecule has 3 N–H and O–H groups in total. The molecule has 0 bridgehead atoms. The molecule has 2 rings (SSSR count). The van der Waals surface area contributed by atoms with Crippen LogP contribution in [0.2, 0.25) is 0 Å². The maximum Gasteiger partial charge on any atom is 0.0700 e. The first-order valence-electron chi connectivity index (χ1n) is 5.47. The van der Waals surface area contributed by atoms with Crippen LogP contribution in [0.4, 0.5) is 0 Å². The Balaban J connectivity index is 1.66. The Morgan fingerprint density at radius 3 is 2.77 bits per heavy atom. The number of nitrogens with one attached hydrogen (secondary N) is 1. The third kappa shape index (κ3) is 2.42. The van der Waals surface area contributed by atoms with Crippen LogP contribution in [-0.4, -0.2) is 31.3 Å². The molecule has 3 atom stereocenters. The van der Waals surface area contributed by atoms with E-state index in [0.717, 1.165) is 13.2 Å². The van der Waals surface area contributed by atoms with E-state index in [1.165, 1.54) is 32.1 Å². The molecule has 0 radical (unpaired) electrons. The molecule has 0 aromatic rings. The quantitative estimate of drug-likeness (QED) is 0.676. The monoisotopic (exact) mass is 184 g/mol. The number of rotatable bonds is 3. The molecule has 0 aromatic heterocycles. The Bertz CT molecular complexity index is 157. The van der Waals surface area contributed by atoms with Gasteiger partial charge >= 0.3 is 0 Å². The summed E-state index contributed by atoms with van der Waals surface area (Å²) in [6, 6.07) is 0.922. The molecular formula is C10H20N2O. The molecule has 13 heavy (non-hydrogen) atoms. The summed E-state index contributed by atoms with van der Waals surface area (Å²) in [5, 5.41) is 3.52. The minimum absolute atomic E-state index is 0.376. The van der Waals surface area contributed by atoms with Gasteiger partial charge in [-0.05, 0) is 25.7 Å². The third-order valence-corrected chi connectivity index (χ3v) is 3.20. The van der Waals surface area contributed by atoms with Gasteiger partial charge in [-0.15, -0.1) is 0 Å². The zero-order chi connectivity index (χ0) is 9.10. The summed E-state index contributed by atoms with van der Waals surface area (Å²) in [5.41, 5.74) is 5.96. The molecule has 1 saturated carbocycles. The van der Waals surface area contributed by atoms with Crippen LogP contribution in [0.5, 0.6) is 0 Å². The van der Waals surface area contributed by atoms with Gasteiger partial charge in [0.25, 0.3) is 0 Å². The number of nitrogens with two attached hydrogens (primary N) is 1. The van der Waals surface area contributed by atoms with Crippen molar-refractivity contribution in [2.45, 2.75) is 50.3 Å². The summed E-state index contributed by atoms with van der Waals surface area (Å²) in [4.78, 5) is 0. The van der Waals surface area contributed by atoms with Crippen LogP contribution >= 0.6 is 0 Å². The van der Waals surface area contributed by atoms with Gasteiger partial charge in [-0.2, -0.15) is 0 Å². The first-order chi connectivity index (χ1) is 6.36. The smallest absolute Gasteiger partial charge is 0.0700 e. The van der Waals surface area contributed by atoms with E-state index in [2.05, 4.69) is 5.32 Å². The van der Waals surface area contributed by atoms with Gasteiger partial charge in [-0.25, -0.2) is 0 Å². The summed E-state index contributed by atoms with van der Waals surface area (Å²) >= 11 is 0. The molecule has 3 nitrogen and oxygen atoms in total. The zero-order valence-electron chi connectivity index (χ0n) is 8.17. The average molecular weight is 184 g/mol. The normalized spacial score (nSPS) is 39.9. The summed E-state index contributed by atoms with van der Waals surface area (Å²) in [7, 11) is 0. The van der Waals surface area contributed by atoms with E-state index in [0.29, 0.717) is 18.2 Å². The number of ether oxygens (including phenoxy) is 1. The lowest BCUT2D eigenvalue weighted by Crippen LogP contribution is -2.43. The van der Waals surface area contributed by atoms with Crippen molar-refractivity contribution in [1.29, 1.82) is 0 Å². The van der Waals surface area contributed by atoms with Gasteiger partial charge in [0.2, 0.25) is 0 Å². The van der Waals surface area contributed by atoms with Gasteiger partial charge in [0.1, 0.15) is 0 Å². The largest absolute Gasteiger partial charge is 0.377 e. The highest BCUT2D eigenvalue weighted by molar-refractivity contribution is 4.86. The standard InChI is InChI=1S/C10H20N2O/c11-9-4-1-5-10(9)12-7-8-3-2-6-13-8/h8-10,12H,1-7,11H2/t8-,9-,10+/m1/s1. The van der Waals surface area contributed by atoms with Crippen molar-refractivity contribution in [1.82, 2.24) is 5.32 Å². The van der Waals surface area contributed by atoms with Crippen molar-refractivity contribution < 1.29 is 4.74 Å². The molecule has 0 aromatic carbocycles. The Hall–Kier alpha value is -0.120. The SMILES string of the molecule is N[C@@H]1CCC[C@@H]1NC[C@H]1CCCO1. The zero-order valence-corrected chi connectivity index (χ0v) is 8.17. The lowest BCUT2D eigenvalue weighted by atomic mass is 10.1. The fourth-order valence-electron chi connectivity index (χ4n) is 2.33. The molecule has 0 unspecified atom stereocenters. The van der Waals surface area contributed by atoms with Crippen molar-refractivity contribution >= 4 is 0 Å². The van der Waals surface area contributed by atoms with Gasteiger partial charge in [0.15, 0.2) is 0 Å². The maximum absolute atomic E-state index is 5.96. The van der Waals surface area contributed by atoms with Crippen LogP contribution < -0.4 is 11.1 Å². The Labute approximate surface area is 80.0 Å². The molecule has 0 spiro atoms. The predicted molar refractivity (Wildman–Crippen MR) is 52.6 cm³/mol. The third-order valence-electron chi connectivity index (χ3n) is 3.20. The van der Waals surface area contributed by atoms with Crippen LogP contribution in [-0.2, 0) is 4.74 Å². The molecule has 2 fully saturated rings. The fourth-order valence-corrected chi connectivity index (χ4v) is 2.33. The van der Waals surface area contributed by atoms with E-state index >= 15 is 0 Å². The lowest BCUT2D eigenvalue weighted by Gasteiger charge is -2.19. The van der Waals surface area contributed by atoms with Crippen LogP contribution in [0, 0.1) is 0 Å². The summed E-state index contributed by atoms with van der Waals surface area (Å²) in [5.74, 6) is 0. The molecular weight excluding hydrogens is 164 g/mol. The van der Waals surface area contributed by atoms with E-state index in [4.69, 9.17) is 10.5 Å². The number of hydrogen-bond donors (Lipinski definition) is 2. The Morgan fingerprint density at radius 1 is 1.23 bits per heavy atom. The lowest BCUT2D eigenvalue weighted by molar-refractivity contribution is 0.107. The first-order valence-corrected chi connectivity index (χ1v) is 5.47. The van der Waals surface area contributed by atoms with Gasteiger partial charge in [0, 0.05) is 25.2 Å². The van der Waals surface area contributed by atoms with Crippen molar-refractivity contribution in [3.05, 3.63) is 0 Å². The van der Waals surface area contributed by atoms with Crippen molar-refractivity contribution in [3.63, 3.8) is 0 Å². The van der Waals surface area contributed by atoms with Crippen molar-refractivity contribution in [2.75, 3.05) is 13.2 Å². The van der Waals surface area contributed by atoms with Gasteiger partial charge in [-0.3, -0.25) is 0 Å². The molecule has 1 aliphatic heterocycles. The number of hydrogen-bond acceptors (Lipinski definition) is 3. The predicted octanol–water partition coefficient (Wildman–Crippen LogP) is 0.635. The highest BCUT2D eigenvalue weighted by Gasteiger charge is 2.24. The highest BCUT2D eigenvalue weighted by atomic mass is 16.5. The van der Waals surface area contributed by atoms with Crippen LogP contribution in [0.15, 0.2) is 0 Å². The van der Waals surface area contributed by atoms with Gasteiger partial charge < -0.3 is 15.8 Å². The molecule has 3 heteroatoms. The van der Waals surface area contributed by atoms with E-state index in [1.54, 1.807) is 0 Å². The van der Waals surface area contributed by atoms with Crippen molar-refractivity contribution in [3.8, 4) is 0 Å². The first kappa shape index (κ1) is 9.44. The van der Waals surface area contributed by atoms with E-state index in [-0.39, 0.29) is 0 Å². The van der Waals surface area contributed by atoms with Crippen LogP contribution in [0.25, 0.3) is 0 Å². The molecule has 1 heterocycles. The minimum atomic E-state index is 0.376. The summed E-state index contributed by atoms with van der Waals surface area (Å²) < 4.78 is 5.54. The van der Waals surface area contributed by atoms with Crippen LogP contribution in [0.3, 0.4) is 0 Å². The summed E-state index contributed by atoms with van der Waals surface area (Å²) in [6.07, 6.45) is 6.60. The minimum Gasteiger partial charge on any atom is -0.377 e. The molecule has 0 amide bonds. The Kier molecular flexibility index (Phi) is 3.19. The average Bonchev–Trinajstić information content (AvgIpc) is 2.72. The molecule has 1 aliphatic carbocycles. The second-order valence-electron chi connectivity index (χ2n) is 4.24. The topological polar surface area (TPSA) is 47.3 Å². The molecule has 2 aliphatic rings. The van der Waals surface area contributed by atoms with Gasteiger partial charge in [0.05, 0.1) is 6.10 Å². The van der Waals surface area contributed by atoms with Gasteiger partial charge in [-0.1, -0.05) is 6.42 Å². The van der Waals surface area contributed by atoms with E-state index < -0.39 is 0 Å². The second kappa shape index (κ2) is 4.40. The van der Waals surface area contributed by atoms with E-state index in [9.17, 15) is 0 Å². The fraction of sp³-hybridized carbons (Fsp3) is 1.00. The Morgan fingerprint density at radius 2 is 2.15 bits per heavy atom. The molecule has 1 saturated heterocycles. The van der Waals surface area contributed by atoms with E-state index in [1.807, 2.05) is 0 Å². The highest BCUT2D eigenvalue weighted by Crippen LogP contribution is 2.18. The molecule has 76 valence electrons. The second-order valence-corrected chi connectivity index (χ2v) is 4.24. The maximum atomic E-state index is 5.96. The van der Waals surface area contributed by atoms with Crippen LogP contribution in [0.1, 0.15) is 32.1 Å². The summed E-state index contributed by atoms with van der Waals surface area (Å²) in [6.45, 7) is 1.95. The van der Waals surface area contributed by atoms with Crippen molar-refractivity contribution in [2.24, 2.45) is 5.73 Å².